The highest BCUT2D eigenvalue weighted by Gasteiger charge is 2.15. The molecule has 0 atom stereocenters. The van der Waals surface area contributed by atoms with Gasteiger partial charge in [0.1, 0.15) is 23.0 Å². The number of halogens is 4. The van der Waals surface area contributed by atoms with Crippen LogP contribution in [0.4, 0.5) is 13.2 Å². The Morgan fingerprint density at radius 2 is 1.75 bits per heavy atom. The third-order valence-corrected chi connectivity index (χ3v) is 3.17. The Bertz CT molecular complexity index is 778. The summed E-state index contributed by atoms with van der Waals surface area (Å²) < 4.78 is 41.9. The molecule has 102 valence electrons. The fourth-order valence-electron chi connectivity index (χ4n) is 2.16. The maximum atomic E-state index is 13.7. The van der Waals surface area contributed by atoms with Crippen molar-refractivity contribution in [1.82, 2.24) is 9.55 Å². The van der Waals surface area contributed by atoms with Crippen molar-refractivity contribution >= 4 is 22.6 Å². The van der Waals surface area contributed by atoms with Crippen molar-refractivity contribution < 1.29 is 13.2 Å². The largest absolute Gasteiger partial charge is 0.295 e. The lowest BCUT2D eigenvalue weighted by atomic mass is 10.2. The molecule has 0 bridgehead atoms. The van der Waals surface area contributed by atoms with E-state index in [0.717, 1.165) is 18.2 Å². The summed E-state index contributed by atoms with van der Waals surface area (Å²) >= 11 is 5.79. The molecule has 0 aliphatic heterocycles. The summed E-state index contributed by atoms with van der Waals surface area (Å²) in [5.41, 5.74) is 0.740. The van der Waals surface area contributed by atoms with Crippen LogP contribution >= 0.6 is 11.6 Å². The molecule has 0 spiro atoms. The number of fused-ring (bicyclic) bond motifs is 1. The van der Waals surface area contributed by atoms with Gasteiger partial charge in [0.15, 0.2) is 5.82 Å². The van der Waals surface area contributed by atoms with Crippen LogP contribution < -0.4 is 0 Å². The standard InChI is InChI=1S/C14H8ClF3N2/c15-7-13-19-14-11(18)2-1-3-12(14)20(13)10-5-8(16)4-9(17)6-10/h1-6H,7H2. The highest BCUT2D eigenvalue weighted by molar-refractivity contribution is 6.17. The van der Waals surface area contributed by atoms with Gasteiger partial charge >= 0.3 is 0 Å². The van der Waals surface area contributed by atoms with Gasteiger partial charge in [-0.2, -0.15) is 0 Å². The molecular weight excluding hydrogens is 289 g/mol. The van der Waals surface area contributed by atoms with Gasteiger partial charge in [0, 0.05) is 6.07 Å². The van der Waals surface area contributed by atoms with E-state index in [4.69, 9.17) is 11.6 Å². The molecule has 3 rings (SSSR count). The lowest BCUT2D eigenvalue weighted by Gasteiger charge is -2.08. The predicted molar refractivity (Wildman–Crippen MR) is 70.5 cm³/mol. The SMILES string of the molecule is Fc1cc(F)cc(-n2c(CCl)nc3c(F)cccc32)c1. The number of benzene rings is 2. The first-order valence-corrected chi connectivity index (χ1v) is 6.32. The normalized spacial score (nSPS) is 11.2. The van der Waals surface area contributed by atoms with E-state index in [2.05, 4.69) is 4.98 Å². The summed E-state index contributed by atoms with van der Waals surface area (Å²) in [4.78, 5) is 4.08. The lowest BCUT2D eigenvalue weighted by Crippen LogP contribution is -2.00. The summed E-state index contributed by atoms with van der Waals surface area (Å²) in [6.45, 7) is 0. The fraction of sp³-hybridized carbons (Fsp3) is 0.0714. The molecule has 0 unspecified atom stereocenters. The summed E-state index contributed by atoms with van der Waals surface area (Å²) in [6, 6.07) is 7.44. The Hall–Kier alpha value is -2.01. The van der Waals surface area contributed by atoms with E-state index in [0.29, 0.717) is 11.3 Å². The van der Waals surface area contributed by atoms with Crippen molar-refractivity contribution in [3.05, 3.63) is 59.7 Å². The molecule has 0 saturated heterocycles. The monoisotopic (exact) mass is 296 g/mol. The molecule has 0 saturated carbocycles. The zero-order valence-corrected chi connectivity index (χ0v) is 10.8. The van der Waals surface area contributed by atoms with Crippen LogP contribution in [0.1, 0.15) is 5.82 Å². The zero-order valence-electron chi connectivity index (χ0n) is 10.1. The number of aromatic nitrogens is 2. The minimum atomic E-state index is -0.723. The highest BCUT2D eigenvalue weighted by Crippen LogP contribution is 2.25. The molecule has 20 heavy (non-hydrogen) atoms. The molecule has 1 heterocycles. The molecule has 0 aliphatic rings. The maximum absolute atomic E-state index is 13.7. The van der Waals surface area contributed by atoms with Crippen LogP contribution in [0.15, 0.2) is 36.4 Å². The van der Waals surface area contributed by atoms with E-state index in [9.17, 15) is 13.2 Å². The van der Waals surface area contributed by atoms with Crippen molar-refractivity contribution in [2.75, 3.05) is 0 Å². The second-order valence-corrected chi connectivity index (χ2v) is 4.50. The number of para-hydroxylation sites is 1. The molecule has 0 amide bonds. The topological polar surface area (TPSA) is 17.8 Å². The number of hydrogen-bond acceptors (Lipinski definition) is 1. The lowest BCUT2D eigenvalue weighted by molar-refractivity contribution is 0.581. The van der Waals surface area contributed by atoms with Crippen molar-refractivity contribution in [2.24, 2.45) is 0 Å². The average Bonchev–Trinajstić information content (AvgIpc) is 2.77. The predicted octanol–water partition coefficient (Wildman–Crippen LogP) is 4.18. The van der Waals surface area contributed by atoms with Crippen LogP contribution in [-0.2, 0) is 5.88 Å². The van der Waals surface area contributed by atoms with Gasteiger partial charge in [-0.15, -0.1) is 11.6 Å². The first-order valence-electron chi connectivity index (χ1n) is 5.78. The van der Waals surface area contributed by atoms with Gasteiger partial charge in [0.05, 0.1) is 17.1 Å². The molecule has 2 aromatic carbocycles. The third-order valence-electron chi connectivity index (χ3n) is 2.93. The minimum absolute atomic E-state index is 0.00769. The molecule has 0 N–H and O–H groups in total. The van der Waals surface area contributed by atoms with Gasteiger partial charge in [-0.05, 0) is 24.3 Å². The average molecular weight is 297 g/mol. The van der Waals surface area contributed by atoms with Crippen molar-refractivity contribution in [3.63, 3.8) is 0 Å². The van der Waals surface area contributed by atoms with E-state index in [1.54, 1.807) is 6.07 Å². The van der Waals surface area contributed by atoms with E-state index in [-0.39, 0.29) is 17.1 Å². The van der Waals surface area contributed by atoms with Crippen LogP contribution in [0, 0.1) is 17.5 Å². The van der Waals surface area contributed by atoms with E-state index in [1.807, 2.05) is 0 Å². The molecular formula is C14H8ClF3N2. The van der Waals surface area contributed by atoms with Gasteiger partial charge < -0.3 is 0 Å². The van der Waals surface area contributed by atoms with Gasteiger partial charge in [0.25, 0.3) is 0 Å². The van der Waals surface area contributed by atoms with Crippen LogP contribution in [0.25, 0.3) is 16.7 Å². The Balaban J connectivity index is 2.37. The highest BCUT2D eigenvalue weighted by atomic mass is 35.5. The summed E-state index contributed by atoms with van der Waals surface area (Å²) in [5, 5.41) is 0. The molecule has 2 nitrogen and oxygen atoms in total. The summed E-state index contributed by atoms with van der Waals surface area (Å²) in [5.74, 6) is -1.65. The summed E-state index contributed by atoms with van der Waals surface area (Å²) in [7, 11) is 0. The Labute approximate surface area is 117 Å². The Morgan fingerprint density at radius 3 is 2.40 bits per heavy atom. The van der Waals surface area contributed by atoms with E-state index in [1.165, 1.54) is 16.7 Å². The molecule has 0 radical (unpaired) electrons. The maximum Gasteiger partial charge on any atom is 0.151 e. The Morgan fingerprint density at radius 1 is 1.05 bits per heavy atom. The van der Waals surface area contributed by atoms with Gasteiger partial charge in [-0.3, -0.25) is 4.57 Å². The second-order valence-electron chi connectivity index (χ2n) is 4.23. The number of imidazole rings is 1. The Kier molecular flexibility index (Phi) is 3.14. The van der Waals surface area contributed by atoms with Gasteiger partial charge in [0.2, 0.25) is 0 Å². The van der Waals surface area contributed by atoms with E-state index < -0.39 is 17.5 Å². The zero-order chi connectivity index (χ0) is 14.3. The van der Waals surface area contributed by atoms with Crippen molar-refractivity contribution in [1.29, 1.82) is 0 Å². The number of alkyl halides is 1. The molecule has 0 aliphatic carbocycles. The van der Waals surface area contributed by atoms with Gasteiger partial charge in [-0.1, -0.05) is 6.07 Å². The smallest absolute Gasteiger partial charge is 0.151 e. The molecule has 3 aromatic rings. The van der Waals surface area contributed by atoms with Crippen LogP contribution in [0.3, 0.4) is 0 Å². The first kappa shape index (κ1) is 13.0. The number of hydrogen-bond donors (Lipinski definition) is 0. The van der Waals surface area contributed by atoms with Crippen LogP contribution in [0.5, 0.6) is 0 Å². The summed E-state index contributed by atoms with van der Waals surface area (Å²) in [6.07, 6.45) is 0. The fourth-order valence-corrected chi connectivity index (χ4v) is 2.34. The quantitative estimate of drug-likeness (QED) is 0.649. The minimum Gasteiger partial charge on any atom is -0.295 e. The number of nitrogens with zero attached hydrogens (tertiary/aromatic N) is 2. The van der Waals surface area contributed by atoms with E-state index >= 15 is 0 Å². The molecule has 0 fully saturated rings. The second kappa shape index (κ2) is 4.83. The van der Waals surface area contributed by atoms with Crippen LogP contribution in [-0.4, -0.2) is 9.55 Å². The number of rotatable bonds is 2. The first-order chi connectivity index (χ1) is 9.60. The third kappa shape index (κ3) is 2.04. The van der Waals surface area contributed by atoms with Gasteiger partial charge in [-0.25, -0.2) is 18.2 Å². The molecule has 6 heteroatoms. The van der Waals surface area contributed by atoms with Crippen LogP contribution in [0.2, 0.25) is 0 Å². The molecule has 1 aromatic heterocycles. The van der Waals surface area contributed by atoms with Crippen molar-refractivity contribution in [2.45, 2.75) is 5.88 Å². The van der Waals surface area contributed by atoms with Crippen molar-refractivity contribution in [3.8, 4) is 5.69 Å².